The molecule has 1 aliphatic heterocycles. The van der Waals surface area contributed by atoms with Crippen LogP contribution >= 0.6 is 11.6 Å². The molecule has 1 aliphatic rings. The number of nitrogens with zero attached hydrogens (tertiary/aromatic N) is 2. The van der Waals surface area contributed by atoms with Crippen molar-refractivity contribution in [2.24, 2.45) is 5.10 Å². The number of benzene rings is 2. The summed E-state index contributed by atoms with van der Waals surface area (Å²) in [6.07, 6.45) is 1.64. The Kier molecular flexibility index (Phi) is 4.78. The van der Waals surface area contributed by atoms with E-state index in [1.54, 1.807) is 31.2 Å². The highest BCUT2D eigenvalue weighted by Gasteiger charge is 2.28. The minimum Gasteiger partial charge on any atom is -0.478 e. The predicted octanol–water partition coefficient (Wildman–Crippen LogP) is 5.10. The lowest BCUT2D eigenvalue weighted by atomic mass is 10.1. The lowest BCUT2D eigenvalue weighted by Crippen LogP contribution is -2.21. The van der Waals surface area contributed by atoms with Crippen LogP contribution in [0.2, 0.25) is 5.02 Å². The Bertz CT molecular complexity index is 1180. The molecule has 1 aromatic heterocycles. The Balaban J connectivity index is 1.61. The third-order valence-corrected chi connectivity index (χ3v) is 4.77. The van der Waals surface area contributed by atoms with E-state index in [1.165, 1.54) is 17.1 Å². The van der Waals surface area contributed by atoms with Gasteiger partial charge in [0.05, 0.1) is 27.6 Å². The van der Waals surface area contributed by atoms with Gasteiger partial charge in [0.15, 0.2) is 0 Å². The molecular formula is C22H15ClN2O4. The summed E-state index contributed by atoms with van der Waals surface area (Å²) in [5, 5.41) is 14.9. The van der Waals surface area contributed by atoms with Crippen molar-refractivity contribution in [1.82, 2.24) is 0 Å². The quantitative estimate of drug-likeness (QED) is 0.610. The first-order chi connectivity index (χ1) is 13.9. The second-order valence-electron chi connectivity index (χ2n) is 6.40. The number of carboxylic acid groups (broad SMARTS) is 1. The summed E-state index contributed by atoms with van der Waals surface area (Å²) < 4.78 is 5.82. The number of aromatic carboxylic acids is 1. The topological polar surface area (TPSA) is 83.1 Å². The first-order valence-corrected chi connectivity index (χ1v) is 9.11. The molecule has 29 heavy (non-hydrogen) atoms. The van der Waals surface area contributed by atoms with Crippen LogP contribution in [0.25, 0.3) is 17.4 Å². The molecule has 0 saturated heterocycles. The lowest BCUT2D eigenvalue weighted by Gasteiger charge is -2.10. The Morgan fingerprint density at radius 2 is 1.90 bits per heavy atom. The van der Waals surface area contributed by atoms with Crippen molar-refractivity contribution in [3.63, 3.8) is 0 Å². The van der Waals surface area contributed by atoms with Gasteiger partial charge in [-0.2, -0.15) is 10.1 Å². The van der Waals surface area contributed by atoms with Crippen molar-refractivity contribution in [2.75, 3.05) is 5.01 Å². The average molecular weight is 407 g/mol. The highest BCUT2D eigenvalue weighted by atomic mass is 35.5. The molecule has 0 bridgehead atoms. The fourth-order valence-corrected chi connectivity index (χ4v) is 3.26. The van der Waals surface area contributed by atoms with Gasteiger partial charge < -0.3 is 9.52 Å². The standard InChI is InChI=1S/C22H15ClN2O4/c1-13-18(21(26)25(24-13)15-5-3-2-4-6-15)12-16-8-10-20(29-16)14-7-9-17(22(27)28)19(23)11-14/h2-12H,1H3,(H,27,28)/b18-12+. The molecule has 0 saturated carbocycles. The molecule has 7 heteroatoms. The van der Waals surface area contributed by atoms with Crippen molar-refractivity contribution >= 4 is 41.0 Å². The molecule has 6 nitrogen and oxygen atoms in total. The van der Waals surface area contributed by atoms with Crippen molar-refractivity contribution in [1.29, 1.82) is 0 Å². The third-order valence-electron chi connectivity index (χ3n) is 4.46. The van der Waals surface area contributed by atoms with Gasteiger partial charge in [0.25, 0.3) is 5.91 Å². The molecular weight excluding hydrogens is 392 g/mol. The maximum absolute atomic E-state index is 12.8. The summed E-state index contributed by atoms with van der Waals surface area (Å²) in [6.45, 7) is 1.76. The summed E-state index contributed by atoms with van der Waals surface area (Å²) in [5.74, 6) is -0.341. The number of amides is 1. The number of furan rings is 1. The van der Waals surface area contributed by atoms with Crippen LogP contribution < -0.4 is 5.01 Å². The molecule has 0 aliphatic carbocycles. The molecule has 144 valence electrons. The molecule has 0 unspecified atom stereocenters. The molecule has 1 amide bonds. The third kappa shape index (κ3) is 3.58. The Hall–Kier alpha value is -3.64. The van der Waals surface area contributed by atoms with Crippen LogP contribution in [0.15, 0.2) is 75.8 Å². The normalized spacial score (nSPS) is 15.1. The van der Waals surface area contributed by atoms with Gasteiger partial charge in [0.2, 0.25) is 0 Å². The number of hydrogen-bond donors (Lipinski definition) is 1. The van der Waals surface area contributed by atoms with E-state index < -0.39 is 5.97 Å². The van der Waals surface area contributed by atoms with Gasteiger partial charge in [-0.15, -0.1) is 0 Å². The zero-order valence-electron chi connectivity index (χ0n) is 15.3. The number of anilines is 1. The number of rotatable bonds is 4. The van der Waals surface area contributed by atoms with Gasteiger partial charge >= 0.3 is 5.97 Å². The maximum Gasteiger partial charge on any atom is 0.337 e. The molecule has 2 heterocycles. The Morgan fingerprint density at radius 1 is 1.14 bits per heavy atom. The zero-order valence-corrected chi connectivity index (χ0v) is 16.1. The van der Waals surface area contributed by atoms with E-state index in [2.05, 4.69) is 5.10 Å². The van der Waals surface area contributed by atoms with E-state index in [4.69, 9.17) is 21.1 Å². The number of hydrogen-bond acceptors (Lipinski definition) is 4. The van der Waals surface area contributed by atoms with E-state index in [1.807, 2.05) is 30.3 Å². The van der Waals surface area contributed by atoms with E-state index in [-0.39, 0.29) is 16.5 Å². The number of halogens is 1. The maximum atomic E-state index is 12.8. The fraction of sp³-hybridized carbons (Fsp3) is 0.0455. The highest BCUT2D eigenvalue weighted by Crippen LogP contribution is 2.29. The smallest absolute Gasteiger partial charge is 0.337 e. The molecule has 0 atom stereocenters. The lowest BCUT2D eigenvalue weighted by molar-refractivity contribution is -0.114. The van der Waals surface area contributed by atoms with Crippen molar-refractivity contribution in [3.8, 4) is 11.3 Å². The summed E-state index contributed by atoms with van der Waals surface area (Å²) in [7, 11) is 0. The van der Waals surface area contributed by atoms with Crippen molar-refractivity contribution in [2.45, 2.75) is 6.92 Å². The van der Waals surface area contributed by atoms with Crippen LogP contribution in [0.4, 0.5) is 5.69 Å². The molecule has 2 aromatic carbocycles. The van der Waals surface area contributed by atoms with E-state index in [0.29, 0.717) is 34.1 Å². The SMILES string of the molecule is CC1=NN(c2ccccc2)C(=O)/C1=C/c1ccc(-c2ccc(C(=O)O)c(Cl)c2)o1. The molecule has 0 radical (unpaired) electrons. The van der Waals surface area contributed by atoms with Gasteiger partial charge in [-0.25, -0.2) is 4.79 Å². The van der Waals surface area contributed by atoms with Crippen molar-refractivity contribution < 1.29 is 19.1 Å². The van der Waals surface area contributed by atoms with Gasteiger partial charge in [-0.3, -0.25) is 4.79 Å². The van der Waals surface area contributed by atoms with Gasteiger partial charge in [-0.05, 0) is 49.4 Å². The first-order valence-electron chi connectivity index (χ1n) is 8.74. The van der Waals surface area contributed by atoms with E-state index in [0.717, 1.165) is 0 Å². The number of carbonyl (C=O) groups is 2. The van der Waals surface area contributed by atoms with E-state index >= 15 is 0 Å². The summed E-state index contributed by atoms with van der Waals surface area (Å²) in [6, 6.07) is 17.2. The van der Waals surface area contributed by atoms with Crippen LogP contribution in [-0.4, -0.2) is 22.7 Å². The Labute approximate surface area is 171 Å². The van der Waals surface area contributed by atoms with Crippen LogP contribution in [-0.2, 0) is 4.79 Å². The number of hydrazone groups is 1. The highest BCUT2D eigenvalue weighted by molar-refractivity contribution is 6.34. The monoisotopic (exact) mass is 406 g/mol. The molecule has 0 spiro atoms. The second kappa shape index (κ2) is 7.41. The number of carboxylic acids is 1. The summed E-state index contributed by atoms with van der Waals surface area (Å²) in [4.78, 5) is 23.9. The zero-order chi connectivity index (χ0) is 20.5. The number of carbonyl (C=O) groups excluding carboxylic acids is 1. The molecule has 0 fully saturated rings. The van der Waals surface area contributed by atoms with Gasteiger partial charge in [0.1, 0.15) is 11.5 Å². The largest absolute Gasteiger partial charge is 0.478 e. The van der Waals surface area contributed by atoms with Gasteiger partial charge in [-0.1, -0.05) is 35.9 Å². The minimum absolute atomic E-state index is 0.0220. The minimum atomic E-state index is -1.09. The summed E-state index contributed by atoms with van der Waals surface area (Å²) in [5.41, 5.74) is 2.38. The molecule has 3 aromatic rings. The Morgan fingerprint density at radius 3 is 2.59 bits per heavy atom. The second-order valence-corrected chi connectivity index (χ2v) is 6.80. The van der Waals surface area contributed by atoms with Crippen LogP contribution in [0.1, 0.15) is 23.0 Å². The van der Waals surface area contributed by atoms with Crippen LogP contribution in [0, 0.1) is 0 Å². The van der Waals surface area contributed by atoms with Crippen LogP contribution in [0.5, 0.6) is 0 Å². The van der Waals surface area contributed by atoms with Gasteiger partial charge in [0, 0.05) is 5.56 Å². The predicted molar refractivity (Wildman–Crippen MR) is 111 cm³/mol. The van der Waals surface area contributed by atoms with E-state index in [9.17, 15) is 9.59 Å². The van der Waals surface area contributed by atoms with Crippen LogP contribution in [0.3, 0.4) is 0 Å². The number of para-hydroxylation sites is 1. The summed E-state index contributed by atoms with van der Waals surface area (Å²) >= 11 is 6.03. The molecule has 1 N–H and O–H groups in total. The first kappa shape index (κ1) is 18.7. The molecule has 4 rings (SSSR count). The fourth-order valence-electron chi connectivity index (χ4n) is 3.00. The van der Waals surface area contributed by atoms with Crippen molar-refractivity contribution in [3.05, 3.63) is 82.6 Å². The average Bonchev–Trinajstić information content (AvgIpc) is 3.28.